The zero-order chi connectivity index (χ0) is 10.4. The number of nitriles is 1. The minimum absolute atomic E-state index is 0.797. The Balaban J connectivity index is 2.94. The minimum atomic E-state index is 0.797. The normalized spacial score (nSPS) is 9.79. The molecule has 0 aliphatic carbocycles. The second-order valence-electron chi connectivity index (χ2n) is 3.44. The number of hydrogen-bond donors (Lipinski definition) is 0. The summed E-state index contributed by atoms with van der Waals surface area (Å²) in [6.07, 6.45) is 5.89. The average molecular weight is 188 g/mol. The van der Waals surface area contributed by atoms with E-state index >= 15 is 0 Å². The van der Waals surface area contributed by atoms with Crippen LogP contribution in [0.5, 0.6) is 0 Å². The number of hydrogen-bond acceptors (Lipinski definition) is 2. The topological polar surface area (TPSA) is 36.7 Å². The first-order valence-electron chi connectivity index (χ1n) is 5.19. The third kappa shape index (κ3) is 2.56. The Morgan fingerprint density at radius 1 is 1.29 bits per heavy atom. The number of nitrogens with zero attached hydrogens (tertiary/aromatic N) is 2. The Kier molecular flexibility index (Phi) is 4.12. The van der Waals surface area contributed by atoms with E-state index in [0.29, 0.717) is 0 Å². The summed E-state index contributed by atoms with van der Waals surface area (Å²) in [6.45, 7) is 4.23. The van der Waals surface area contributed by atoms with Gasteiger partial charge in [0, 0.05) is 11.9 Å². The van der Waals surface area contributed by atoms with E-state index in [0.717, 1.165) is 42.5 Å². The Morgan fingerprint density at radius 2 is 2.00 bits per heavy atom. The molecule has 0 N–H and O–H groups in total. The molecule has 0 aliphatic rings. The summed E-state index contributed by atoms with van der Waals surface area (Å²) in [4.78, 5) is 4.34. The first-order chi connectivity index (χ1) is 6.81. The fourth-order valence-electron chi connectivity index (χ4n) is 1.49. The van der Waals surface area contributed by atoms with Crippen LogP contribution in [-0.4, -0.2) is 4.98 Å². The van der Waals surface area contributed by atoms with Gasteiger partial charge in [-0.3, -0.25) is 4.98 Å². The van der Waals surface area contributed by atoms with Crippen molar-refractivity contribution in [2.75, 3.05) is 0 Å². The molecule has 0 bridgehead atoms. The van der Waals surface area contributed by atoms with Crippen molar-refractivity contribution in [1.82, 2.24) is 4.98 Å². The minimum Gasteiger partial charge on any atom is -0.261 e. The third-order valence-electron chi connectivity index (χ3n) is 2.19. The van der Waals surface area contributed by atoms with Crippen LogP contribution in [0.1, 0.15) is 43.5 Å². The Labute approximate surface area is 85.6 Å². The van der Waals surface area contributed by atoms with Crippen molar-refractivity contribution in [1.29, 1.82) is 5.26 Å². The fourth-order valence-corrected chi connectivity index (χ4v) is 1.49. The molecule has 0 radical (unpaired) electrons. The maximum absolute atomic E-state index is 8.96. The summed E-state index contributed by atoms with van der Waals surface area (Å²) >= 11 is 0. The molecule has 1 aromatic rings. The average Bonchev–Trinajstić information content (AvgIpc) is 2.21. The van der Waals surface area contributed by atoms with Crippen LogP contribution < -0.4 is 0 Å². The molecule has 0 atom stereocenters. The van der Waals surface area contributed by atoms with E-state index in [1.807, 2.05) is 12.3 Å². The van der Waals surface area contributed by atoms with Crippen molar-refractivity contribution in [2.24, 2.45) is 0 Å². The van der Waals surface area contributed by atoms with Gasteiger partial charge in [-0.1, -0.05) is 26.7 Å². The van der Waals surface area contributed by atoms with Crippen molar-refractivity contribution >= 4 is 0 Å². The highest BCUT2D eigenvalue weighted by Crippen LogP contribution is 2.11. The number of aromatic nitrogens is 1. The van der Waals surface area contributed by atoms with Crippen molar-refractivity contribution in [3.63, 3.8) is 0 Å². The zero-order valence-corrected chi connectivity index (χ0v) is 8.88. The summed E-state index contributed by atoms with van der Waals surface area (Å²) in [5.74, 6) is 0. The molecule has 0 aromatic carbocycles. The van der Waals surface area contributed by atoms with Gasteiger partial charge in [0.05, 0.1) is 11.6 Å². The van der Waals surface area contributed by atoms with Crippen LogP contribution in [-0.2, 0) is 12.8 Å². The van der Waals surface area contributed by atoms with Gasteiger partial charge in [0.2, 0.25) is 0 Å². The van der Waals surface area contributed by atoms with Gasteiger partial charge in [0.1, 0.15) is 0 Å². The van der Waals surface area contributed by atoms with Crippen molar-refractivity contribution in [2.45, 2.75) is 39.5 Å². The molecule has 74 valence electrons. The number of pyridine rings is 1. The largest absolute Gasteiger partial charge is 0.261 e. The smallest absolute Gasteiger partial charge is 0.0995 e. The predicted molar refractivity (Wildman–Crippen MR) is 56.9 cm³/mol. The lowest BCUT2D eigenvalue weighted by Crippen LogP contribution is -1.96. The van der Waals surface area contributed by atoms with Gasteiger partial charge < -0.3 is 0 Å². The van der Waals surface area contributed by atoms with Gasteiger partial charge in [0.25, 0.3) is 0 Å². The zero-order valence-electron chi connectivity index (χ0n) is 8.88. The van der Waals surface area contributed by atoms with E-state index in [9.17, 15) is 0 Å². The van der Waals surface area contributed by atoms with Crippen molar-refractivity contribution in [3.05, 3.63) is 29.1 Å². The number of rotatable bonds is 4. The molecule has 1 aromatic heterocycles. The second kappa shape index (κ2) is 5.39. The van der Waals surface area contributed by atoms with E-state index in [2.05, 4.69) is 24.9 Å². The first-order valence-corrected chi connectivity index (χ1v) is 5.19. The summed E-state index contributed by atoms with van der Waals surface area (Å²) in [5, 5.41) is 8.96. The fraction of sp³-hybridized carbons (Fsp3) is 0.500. The van der Waals surface area contributed by atoms with Crippen LogP contribution in [0, 0.1) is 11.3 Å². The van der Waals surface area contributed by atoms with E-state index in [-0.39, 0.29) is 0 Å². The molecule has 1 rings (SSSR count). The third-order valence-corrected chi connectivity index (χ3v) is 2.19. The SMILES string of the molecule is CCCc1cc(C#N)c(CCC)cn1. The van der Waals surface area contributed by atoms with Crippen LogP contribution in [0.3, 0.4) is 0 Å². The highest BCUT2D eigenvalue weighted by molar-refractivity contribution is 5.37. The van der Waals surface area contributed by atoms with E-state index in [1.54, 1.807) is 0 Å². The number of aryl methyl sites for hydroxylation is 2. The molecule has 0 unspecified atom stereocenters. The van der Waals surface area contributed by atoms with Crippen LogP contribution in [0.2, 0.25) is 0 Å². The molecule has 0 aliphatic heterocycles. The maximum atomic E-state index is 8.96. The lowest BCUT2D eigenvalue weighted by molar-refractivity contribution is 0.861. The molecule has 2 nitrogen and oxygen atoms in total. The lowest BCUT2D eigenvalue weighted by atomic mass is 10.0. The van der Waals surface area contributed by atoms with Gasteiger partial charge in [-0.25, -0.2) is 0 Å². The van der Waals surface area contributed by atoms with Gasteiger partial charge in [-0.05, 0) is 24.5 Å². The standard InChI is InChI=1S/C12H16N2/c1-3-5-10-9-14-12(6-4-2)7-11(10)8-13/h7,9H,3-6H2,1-2H3. The molecular formula is C12H16N2. The predicted octanol–water partition coefficient (Wildman–Crippen LogP) is 2.86. The monoisotopic (exact) mass is 188 g/mol. The molecule has 2 heteroatoms. The van der Waals surface area contributed by atoms with Crippen LogP contribution in [0.15, 0.2) is 12.3 Å². The molecular weight excluding hydrogens is 172 g/mol. The maximum Gasteiger partial charge on any atom is 0.0995 e. The highest BCUT2D eigenvalue weighted by atomic mass is 14.7. The molecule has 0 spiro atoms. The molecule has 0 fully saturated rings. The highest BCUT2D eigenvalue weighted by Gasteiger charge is 2.03. The molecule has 1 heterocycles. The Bertz CT molecular complexity index is 337. The Morgan fingerprint density at radius 3 is 2.57 bits per heavy atom. The van der Waals surface area contributed by atoms with Crippen LogP contribution in [0.25, 0.3) is 0 Å². The van der Waals surface area contributed by atoms with Gasteiger partial charge in [-0.15, -0.1) is 0 Å². The molecule has 14 heavy (non-hydrogen) atoms. The molecule has 0 saturated heterocycles. The van der Waals surface area contributed by atoms with E-state index in [1.165, 1.54) is 0 Å². The van der Waals surface area contributed by atoms with Gasteiger partial charge in [-0.2, -0.15) is 5.26 Å². The van der Waals surface area contributed by atoms with E-state index in [4.69, 9.17) is 5.26 Å². The van der Waals surface area contributed by atoms with E-state index < -0.39 is 0 Å². The lowest BCUT2D eigenvalue weighted by Gasteiger charge is -2.03. The van der Waals surface area contributed by atoms with Gasteiger partial charge in [0.15, 0.2) is 0 Å². The van der Waals surface area contributed by atoms with Crippen LogP contribution in [0.4, 0.5) is 0 Å². The quantitative estimate of drug-likeness (QED) is 0.728. The van der Waals surface area contributed by atoms with Crippen LogP contribution >= 0.6 is 0 Å². The molecule has 0 amide bonds. The molecule has 0 saturated carbocycles. The summed E-state index contributed by atoms with van der Waals surface area (Å²) in [7, 11) is 0. The first kappa shape index (κ1) is 10.7. The van der Waals surface area contributed by atoms with Gasteiger partial charge >= 0.3 is 0 Å². The summed E-state index contributed by atoms with van der Waals surface area (Å²) in [6, 6.07) is 4.16. The summed E-state index contributed by atoms with van der Waals surface area (Å²) < 4.78 is 0. The van der Waals surface area contributed by atoms with Crippen molar-refractivity contribution in [3.8, 4) is 6.07 Å². The van der Waals surface area contributed by atoms with Crippen molar-refractivity contribution < 1.29 is 0 Å². The Hall–Kier alpha value is -1.36. The summed E-state index contributed by atoms with van der Waals surface area (Å²) in [5.41, 5.74) is 2.91. The second-order valence-corrected chi connectivity index (χ2v) is 3.44.